The summed E-state index contributed by atoms with van der Waals surface area (Å²) in [5.41, 5.74) is 2.94. The third-order valence-corrected chi connectivity index (χ3v) is 5.16. The van der Waals surface area contributed by atoms with E-state index in [4.69, 9.17) is 4.74 Å². The molecule has 1 aromatic heterocycles. The van der Waals surface area contributed by atoms with Crippen molar-refractivity contribution in [1.82, 2.24) is 9.78 Å². The minimum absolute atomic E-state index is 0.127. The minimum atomic E-state index is -0.450. The molecular formula is C18H16BrN3O3. The molecule has 128 valence electrons. The lowest BCUT2D eigenvalue weighted by molar-refractivity contribution is -0.116. The monoisotopic (exact) mass is 401 g/mol. The first-order chi connectivity index (χ1) is 12.1. The van der Waals surface area contributed by atoms with E-state index in [1.807, 2.05) is 24.3 Å². The first kappa shape index (κ1) is 16.1. The van der Waals surface area contributed by atoms with Gasteiger partial charge in [-0.05, 0) is 30.5 Å². The summed E-state index contributed by atoms with van der Waals surface area (Å²) in [7, 11) is 1.34. The van der Waals surface area contributed by atoms with Gasteiger partial charge >= 0.3 is 5.97 Å². The molecule has 1 aromatic carbocycles. The van der Waals surface area contributed by atoms with Crippen LogP contribution in [-0.2, 0) is 9.53 Å². The molecule has 2 aliphatic rings. The van der Waals surface area contributed by atoms with Crippen LogP contribution >= 0.6 is 15.9 Å². The Balaban J connectivity index is 1.91. The maximum atomic E-state index is 12.6. The van der Waals surface area contributed by atoms with Crippen molar-refractivity contribution in [2.45, 2.75) is 25.3 Å². The lowest BCUT2D eigenvalue weighted by Gasteiger charge is -2.33. The summed E-state index contributed by atoms with van der Waals surface area (Å²) in [6.45, 7) is 0. The van der Waals surface area contributed by atoms with E-state index in [1.54, 1.807) is 4.68 Å². The van der Waals surface area contributed by atoms with E-state index in [9.17, 15) is 9.59 Å². The summed E-state index contributed by atoms with van der Waals surface area (Å²) >= 11 is 3.44. The second kappa shape index (κ2) is 6.15. The number of allylic oxidation sites excluding steroid dienone is 2. The van der Waals surface area contributed by atoms with Gasteiger partial charge in [-0.3, -0.25) is 4.79 Å². The summed E-state index contributed by atoms with van der Waals surface area (Å²) < 4.78 is 7.52. The number of Topliss-reactive ketones (excluding diaryl/α,β-unsaturated/α-hetero) is 1. The number of carbonyl (C=O) groups excluding carboxylic acids is 2. The number of fused-ring (bicyclic) bond motifs is 1. The number of methoxy groups -OCH3 is 1. The molecule has 1 atom stereocenters. The largest absolute Gasteiger partial charge is 0.465 e. The first-order valence-corrected chi connectivity index (χ1v) is 8.84. The Hall–Kier alpha value is -2.41. The van der Waals surface area contributed by atoms with Crippen molar-refractivity contribution in [3.8, 4) is 0 Å². The molecule has 0 saturated carbocycles. The van der Waals surface area contributed by atoms with Crippen LogP contribution in [0.1, 0.15) is 41.2 Å². The Morgan fingerprint density at radius 3 is 2.80 bits per heavy atom. The average molecular weight is 402 g/mol. The number of anilines is 1. The van der Waals surface area contributed by atoms with Crippen LogP contribution in [0, 0.1) is 0 Å². The molecule has 7 heteroatoms. The van der Waals surface area contributed by atoms with E-state index in [0.29, 0.717) is 17.8 Å². The first-order valence-electron chi connectivity index (χ1n) is 8.04. The molecule has 0 fully saturated rings. The number of halogens is 1. The number of nitrogens with zero attached hydrogens (tertiary/aromatic N) is 2. The zero-order chi connectivity index (χ0) is 17.6. The van der Waals surface area contributed by atoms with Gasteiger partial charge in [0, 0.05) is 22.2 Å². The lowest BCUT2D eigenvalue weighted by atomic mass is 9.85. The van der Waals surface area contributed by atoms with Crippen LogP contribution in [0.25, 0.3) is 0 Å². The van der Waals surface area contributed by atoms with Crippen molar-refractivity contribution >= 4 is 33.5 Å². The highest BCUT2D eigenvalue weighted by Gasteiger charge is 2.37. The molecule has 0 saturated heterocycles. The van der Waals surface area contributed by atoms with E-state index in [0.717, 1.165) is 34.1 Å². The summed E-state index contributed by atoms with van der Waals surface area (Å²) in [5.74, 6) is 0.255. The van der Waals surface area contributed by atoms with Gasteiger partial charge in [-0.15, -0.1) is 0 Å². The number of aromatic nitrogens is 2. The van der Waals surface area contributed by atoms with Crippen molar-refractivity contribution in [2.24, 2.45) is 0 Å². The Labute approximate surface area is 153 Å². The fourth-order valence-corrected chi connectivity index (χ4v) is 3.74. The molecule has 2 heterocycles. The molecular weight excluding hydrogens is 386 g/mol. The molecule has 25 heavy (non-hydrogen) atoms. The lowest BCUT2D eigenvalue weighted by Crippen LogP contribution is -2.31. The smallest absolute Gasteiger partial charge is 0.343 e. The predicted octanol–water partition coefficient (Wildman–Crippen LogP) is 3.45. The number of benzene rings is 1. The molecule has 4 rings (SSSR count). The number of hydrogen-bond acceptors (Lipinski definition) is 5. The number of hydrogen-bond donors (Lipinski definition) is 1. The zero-order valence-corrected chi connectivity index (χ0v) is 15.2. The number of carbonyl (C=O) groups is 2. The van der Waals surface area contributed by atoms with Gasteiger partial charge in [-0.2, -0.15) is 5.10 Å². The summed E-state index contributed by atoms with van der Waals surface area (Å²) in [4.78, 5) is 24.7. The highest BCUT2D eigenvalue weighted by molar-refractivity contribution is 9.10. The third kappa shape index (κ3) is 2.59. The normalized spacial score (nSPS) is 19.1. The molecule has 2 aromatic rings. The van der Waals surface area contributed by atoms with Crippen molar-refractivity contribution in [3.63, 3.8) is 0 Å². The Morgan fingerprint density at radius 2 is 2.08 bits per heavy atom. The maximum absolute atomic E-state index is 12.6. The number of ether oxygens (including phenoxy) is 1. The van der Waals surface area contributed by atoms with Crippen LogP contribution in [-0.4, -0.2) is 28.6 Å². The Morgan fingerprint density at radius 1 is 1.32 bits per heavy atom. The van der Waals surface area contributed by atoms with Crippen molar-refractivity contribution < 1.29 is 14.3 Å². The van der Waals surface area contributed by atoms with Crippen LogP contribution < -0.4 is 5.32 Å². The highest BCUT2D eigenvalue weighted by atomic mass is 79.9. The van der Waals surface area contributed by atoms with Gasteiger partial charge in [-0.25, -0.2) is 9.48 Å². The summed E-state index contributed by atoms with van der Waals surface area (Å²) in [5, 5.41) is 7.64. The molecule has 1 N–H and O–H groups in total. The molecule has 1 aliphatic heterocycles. The molecule has 0 radical (unpaired) electrons. The summed E-state index contributed by atoms with van der Waals surface area (Å²) in [6.07, 6.45) is 3.61. The fraction of sp³-hybridized carbons (Fsp3) is 0.278. The molecule has 6 nitrogen and oxygen atoms in total. The topological polar surface area (TPSA) is 73.2 Å². The van der Waals surface area contributed by atoms with Crippen LogP contribution in [0.3, 0.4) is 0 Å². The van der Waals surface area contributed by atoms with Gasteiger partial charge in [0.15, 0.2) is 5.78 Å². The van der Waals surface area contributed by atoms with E-state index < -0.39 is 5.97 Å². The van der Waals surface area contributed by atoms with Gasteiger partial charge in [-0.1, -0.05) is 28.1 Å². The molecule has 1 unspecified atom stereocenters. The molecule has 0 spiro atoms. The quantitative estimate of drug-likeness (QED) is 0.779. The van der Waals surface area contributed by atoms with Gasteiger partial charge in [0.25, 0.3) is 0 Å². The van der Waals surface area contributed by atoms with Crippen molar-refractivity contribution in [1.29, 1.82) is 0 Å². The van der Waals surface area contributed by atoms with E-state index >= 15 is 0 Å². The van der Waals surface area contributed by atoms with Gasteiger partial charge in [0.2, 0.25) is 0 Å². The van der Waals surface area contributed by atoms with Crippen LogP contribution in [0.5, 0.6) is 0 Å². The van der Waals surface area contributed by atoms with Crippen molar-refractivity contribution in [3.05, 3.63) is 57.3 Å². The van der Waals surface area contributed by atoms with E-state index in [2.05, 4.69) is 26.3 Å². The van der Waals surface area contributed by atoms with Gasteiger partial charge in [0.1, 0.15) is 17.4 Å². The van der Waals surface area contributed by atoms with Crippen molar-refractivity contribution in [2.75, 3.05) is 12.4 Å². The minimum Gasteiger partial charge on any atom is -0.465 e. The molecule has 0 bridgehead atoms. The Kier molecular flexibility index (Phi) is 3.95. The fourth-order valence-electron chi connectivity index (χ4n) is 3.47. The maximum Gasteiger partial charge on any atom is 0.343 e. The van der Waals surface area contributed by atoms with Gasteiger partial charge < -0.3 is 10.1 Å². The predicted molar refractivity (Wildman–Crippen MR) is 95.4 cm³/mol. The number of ketones is 1. The second-order valence-corrected chi connectivity index (χ2v) is 7.01. The number of nitrogens with one attached hydrogen (secondary N) is 1. The van der Waals surface area contributed by atoms with Crippen LogP contribution in [0.15, 0.2) is 46.2 Å². The van der Waals surface area contributed by atoms with E-state index in [1.165, 1.54) is 13.3 Å². The third-order valence-electron chi connectivity index (χ3n) is 4.63. The second-order valence-electron chi connectivity index (χ2n) is 6.09. The van der Waals surface area contributed by atoms with Crippen LogP contribution in [0.2, 0.25) is 0 Å². The summed E-state index contributed by atoms with van der Waals surface area (Å²) in [6, 6.07) is 7.47. The molecule has 0 amide bonds. The SMILES string of the molecule is COC(=O)c1cnn2c1NC1=C(C(=O)CCC1)C2c1ccc(Br)cc1. The van der Waals surface area contributed by atoms with Crippen LogP contribution in [0.4, 0.5) is 5.82 Å². The average Bonchev–Trinajstić information content (AvgIpc) is 3.04. The zero-order valence-electron chi connectivity index (χ0n) is 13.6. The molecule has 1 aliphatic carbocycles. The number of esters is 1. The standard InChI is InChI=1S/C18H16BrN3O3/c1-25-18(24)12-9-20-22-16(10-5-7-11(19)8-6-10)15-13(21-17(12)22)3-2-4-14(15)23/h5-9,16,21H,2-4H2,1H3. The van der Waals surface area contributed by atoms with Gasteiger partial charge in [0.05, 0.1) is 13.3 Å². The Bertz CT molecular complexity index is 899. The number of rotatable bonds is 2. The highest BCUT2D eigenvalue weighted by Crippen LogP contribution is 2.41. The van der Waals surface area contributed by atoms with E-state index in [-0.39, 0.29) is 11.8 Å².